The van der Waals surface area contributed by atoms with Crippen LogP contribution in [0.4, 0.5) is 23.2 Å². The van der Waals surface area contributed by atoms with Gasteiger partial charge in [-0.15, -0.1) is 0 Å². The Kier molecular flexibility index (Phi) is 4.62. The zero-order chi connectivity index (χ0) is 18.3. The zero-order valence-corrected chi connectivity index (χ0v) is 13.8. The number of hydrogen-bond acceptors (Lipinski definition) is 5. The molecule has 1 aromatic rings. The lowest BCUT2D eigenvalue weighted by atomic mass is 10.2. The molecule has 1 aromatic carbocycles. The minimum Gasteiger partial charge on any atom is -0.419 e. The van der Waals surface area contributed by atoms with Crippen LogP contribution in [0.3, 0.4) is 0 Å². The molecular formula is C14H10BrF4NO4. The van der Waals surface area contributed by atoms with Gasteiger partial charge in [-0.25, -0.2) is 14.0 Å². The first-order valence-electron chi connectivity index (χ1n) is 6.40. The van der Waals surface area contributed by atoms with E-state index in [2.05, 4.69) is 21.2 Å². The fraction of sp³-hybridized carbons (Fsp3) is 0.286. The first-order chi connectivity index (χ1) is 10.9. The third-order valence-corrected chi connectivity index (χ3v) is 3.65. The van der Waals surface area contributed by atoms with Crippen LogP contribution in [0.5, 0.6) is 0 Å². The zero-order valence-electron chi connectivity index (χ0n) is 12.3. The number of nitrogens with one attached hydrogen (secondary N) is 1. The van der Waals surface area contributed by atoms with Crippen LogP contribution >= 0.6 is 15.9 Å². The Morgan fingerprint density at radius 3 is 2.21 bits per heavy atom. The summed E-state index contributed by atoms with van der Waals surface area (Å²) >= 11 is 2.79. The standard InChI is InChI=1S/C14H10BrF4NO4/c1-13(2)23-11(21)7(12(22)24-13)5-20-9-4-6(14(17,18)19)3-8(16)10(9)15/h3-5,20H,1-2H3. The van der Waals surface area contributed by atoms with Crippen molar-refractivity contribution in [2.75, 3.05) is 5.32 Å². The summed E-state index contributed by atoms with van der Waals surface area (Å²) in [6.45, 7) is 2.68. The highest BCUT2D eigenvalue weighted by molar-refractivity contribution is 9.10. The number of alkyl halides is 3. The Balaban J connectivity index is 2.33. The average molecular weight is 412 g/mol. The number of ether oxygens (including phenoxy) is 2. The van der Waals surface area contributed by atoms with Gasteiger partial charge in [0.15, 0.2) is 5.57 Å². The molecule has 0 aromatic heterocycles. The third kappa shape index (κ3) is 3.86. The van der Waals surface area contributed by atoms with E-state index in [4.69, 9.17) is 9.47 Å². The summed E-state index contributed by atoms with van der Waals surface area (Å²) in [4.78, 5) is 23.4. The van der Waals surface area contributed by atoms with Crippen LogP contribution in [0.2, 0.25) is 0 Å². The van der Waals surface area contributed by atoms with Gasteiger partial charge < -0.3 is 14.8 Å². The monoisotopic (exact) mass is 411 g/mol. The fourth-order valence-corrected chi connectivity index (χ4v) is 2.13. The number of esters is 2. The number of halogens is 5. The average Bonchev–Trinajstić information content (AvgIpc) is 2.39. The van der Waals surface area contributed by atoms with Gasteiger partial charge in [0, 0.05) is 20.0 Å². The Bertz CT molecular complexity index is 721. The molecule has 10 heteroatoms. The second kappa shape index (κ2) is 6.08. The van der Waals surface area contributed by atoms with Crippen molar-refractivity contribution in [2.24, 2.45) is 0 Å². The summed E-state index contributed by atoms with van der Waals surface area (Å²) in [7, 11) is 0. The molecule has 1 aliphatic rings. The van der Waals surface area contributed by atoms with E-state index in [0.29, 0.717) is 12.1 Å². The number of cyclic esters (lactones) is 2. The molecule has 0 atom stereocenters. The summed E-state index contributed by atoms with van der Waals surface area (Å²) in [6, 6.07) is 0.932. The number of carbonyl (C=O) groups is 2. The summed E-state index contributed by atoms with van der Waals surface area (Å²) in [5.41, 5.74) is -2.14. The van der Waals surface area contributed by atoms with Crippen LogP contribution in [0, 0.1) is 5.82 Å². The van der Waals surface area contributed by atoms with E-state index in [9.17, 15) is 27.2 Å². The lowest BCUT2D eigenvalue weighted by Gasteiger charge is -2.29. The Hall–Kier alpha value is -2.10. The van der Waals surface area contributed by atoms with Crippen LogP contribution in [-0.4, -0.2) is 17.7 Å². The van der Waals surface area contributed by atoms with Crippen molar-refractivity contribution in [3.8, 4) is 0 Å². The minimum atomic E-state index is -4.77. The summed E-state index contributed by atoms with van der Waals surface area (Å²) in [5.74, 6) is -4.66. The van der Waals surface area contributed by atoms with Gasteiger partial charge >= 0.3 is 18.1 Å². The van der Waals surface area contributed by atoms with Gasteiger partial charge in [-0.1, -0.05) is 0 Å². The van der Waals surface area contributed by atoms with Crippen LogP contribution in [0.1, 0.15) is 19.4 Å². The van der Waals surface area contributed by atoms with Crippen molar-refractivity contribution in [1.29, 1.82) is 0 Å². The molecule has 24 heavy (non-hydrogen) atoms. The molecule has 0 unspecified atom stereocenters. The van der Waals surface area contributed by atoms with Crippen molar-refractivity contribution in [2.45, 2.75) is 25.8 Å². The molecule has 1 heterocycles. The molecule has 1 saturated heterocycles. The third-order valence-electron chi connectivity index (χ3n) is 2.84. The Labute approximate surface area is 141 Å². The SMILES string of the molecule is CC1(C)OC(=O)C(=CNc2cc(C(F)(F)F)cc(F)c2Br)C(=O)O1. The molecule has 2 rings (SSSR count). The molecule has 0 spiro atoms. The predicted octanol–water partition coefficient (Wildman–Crippen LogP) is 3.74. The Morgan fingerprint density at radius 2 is 1.71 bits per heavy atom. The highest BCUT2D eigenvalue weighted by Crippen LogP contribution is 2.36. The van der Waals surface area contributed by atoms with Crippen molar-refractivity contribution in [3.63, 3.8) is 0 Å². The van der Waals surface area contributed by atoms with Crippen LogP contribution in [0.15, 0.2) is 28.4 Å². The molecule has 130 valence electrons. The van der Waals surface area contributed by atoms with Crippen molar-refractivity contribution < 1.29 is 36.6 Å². The van der Waals surface area contributed by atoms with E-state index >= 15 is 0 Å². The van der Waals surface area contributed by atoms with Gasteiger partial charge in [0.25, 0.3) is 5.79 Å². The van der Waals surface area contributed by atoms with Gasteiger partial charge in [0.1, 0.15) is 5.82 Å². The maximum atomic E-state index is 13.6. The highest BCUT2D eigenvalue weighted by atomic mass is 79.9. The number of carbonyl (C=O) groups excluding carboxylic acids is 2. The van der Waals surface area contributed by atoms with Crippen molar-refractivity contribution in [1.82, 2.24) is 0 Å². The number of benzene rings is 1. The molecule has 1 fully saturated rings. The number of rotatable bonds is 2. The lowest BCUT2D eigenvalue weighted by Crippen LogP contribution is -2.42. The summed E-state index contributed by atoms with van der Waals surface area (Å²) in [6.07, 6.45) is -3.97. The van der Waals surface area contributed by atoms with E-state index in [0.717, 1.165) is 6.20 Å². The smallest absolute Gasteiger partial charge is 0.416 e. The predicted molar refractivity (Wildman–Crippen MR) is 77.1 cm³/mol. The molecule has 1 aliphatic heterocycles. The van der Waals surface area contributed by atoms with E-state index in [1.54, 1.807) is 0 Å². The van der Waals surface area contributed by atoms with Crippen LogP contribution < -0.4 is 5.32 Å². The van der Waals surface area contributed by atoms with Gasteiger partial charge in [0.05, 0.1) is 15.7 Å². The fourth-order valence-electron chi connectivity index (χ4n) is 1.79. The number of hydrogen-bond donors (Lipinski definition) is 1. The molecule has 0 aliphatic carbocycles. The minimum absolute atomic E-state index is 0.301. The highest BCUT2D eigenvalue weighted by Gasteiger charge is 2.39. The van der Waals surface area contributed by atoms with Gasteiger partial charge in [0.2, 0.25) is 0 Å². The first kappa shape index (κ1) is 18.2. The summed E-state index contributed by atoms with van der Waals surface area (Å²) in [5, 5.41) is 2.27. The normalized spacial score (nSPS) is 17.2. The van der Waals surface area contributed by atoms with Crippen LogP contribution in [-0.2, 0) is 25.2 Å². The molecule has 0 amide bonds. The van der Waals surface area contributed by atoms with E-state index in [1.165, 1.54) is 13.8 Å². The molecule has 1 N–H and O–H groups in total. The van der Waals surface area contributed by atoms with E-state index < -0.39 is 40.9 Å². The molecule has 5 nitrogen and oxygen atoms in total. The van der Waals surface area contributed by atoms with Crippen LogP contribution in [0.25, 0.3) is 0 Å². The molecular weight excluding hydrogens is 402 g/mol. The van der Waals surface area contributed by atoms with Gasteiger partial charge in [-0.05, 0) is 28.1 Å². The van der Waals surface area contributed by atoms with Gasteiger partial charge in [-0.2, -0.15) is 13.2 Å². The second-order valence-electron chi connectivity index (χ2n) is 5.20. The summed E-state index contributed by atoms with van der Waals surface area (Å²) < 4.78 is 61.1. The second-order valence-corrected chi connectivity index (χ2v) is 5.99. The first-order valence-corrected chi connectivity index (χ1v) is 7.19. The molecule has 0 bridgehead atoms. The van der Waals surface area contributed by atoms with Gasteiger partial charge in [-0.3, -0.25) is 0 Å². The number of anilines is 1. The van der Waals surface area contributed by atoms with Crippen molar-refractivity contribution in [3.05, 3.63) is 39.8 Å². The maximum Gasteiger partial charge on any atom is 0.416 e. The maximum absolute atomic E-state index is 13.6. The largest absolute Gasteiger partial charge is 0.419 e. The lowest BCUT2D eigenvalue weighted by molar-refractivity contribution is -0.222. The quantitative estimate of drug-likeness (QED) is 0.347. The molecule has 0 saturated carbocycles. The Morgan fingerprint density at radius 1 is 1.17 bits per heavy atom. The molecule has 0 radical (unpaired) electrons. The topological polar surface area (TPSA) is 64.6 Å². The van der Waals surface area contributed by atoms with E-state index in [1.807, 2.05) is 0 Å². The van der Waals surface area contributed by atoms with E-state index in [-0.39, 0.29) is 10.2 Å². The van der Waals surface area contributed by atoms with Crippen molar-refractivity contribution >= 4 is 33.6 Å².